The van der Waals surface area contributed by atoms with Crippen LogP contribution in [0.25, 0.3) is 0 Å². The van der Waals surface area contributed by atoms with Crippen LogP contribution in [-0.4, -0.2) is 52.3 Å². The van der Waals surface area contributed by atoms with Crippen LogP contribution in [0.1, 0.15) is 180 Å². The maximum absolute atomic E-state index is 13.5. The fraction of sp³-hybridized carbons (Fsp3) is 0.759. The molecule has 2 aromatic carbocycles. The van der Waals surface area contributed by atoms with Gasteiger partial charge in [0.1, 0.15) is 0 Å². The van der Waals surface area contributed by atoms with E-state index in [1.165, 1.54) is 93.2 Å². The lowest BCUT2D eigenvalue weighted by Gasteiger charge is -2.56. The molecule has 0 unspecified atom stereocenters. The van der Waals surface area contributed by atoms with Crippen molar-refractivity contribution < 1.29 is 24.6 Å². The molecule has 0 spiro atoms. The van der Waals surface area contributed by atoms with E-state index in [1.54, 1.807) is 14.2 Å². The molecule has 10 rings (SSSR count). The number of aryl methyl sites for hydroxylation is 2. The lowest BCUT2D eigenvalue weighted by molar-refractivity contribution is -0.180. The highest BCUT2D eigenvalue weighted by atomic mass is 79.9. The molecule has 8 aliphatic rings. The number of hydrogen-bond acceptors (Lipinski definition) is 5. The molecule has 1 amide bonds. The van der Waals surface area contributed by atoms with Gasteiger partial charge in [-0.1, -0.05) is 86.1 Å². The molecular formula is C58H90BrNO5. The quantitative estimate of drug-likeness (QED) is 0.235. The molecule has 7 heteroatoms. The molecule has 0 saturated heterocycles. The second-order valence-electron chi connectivity index (χ2n) is 23.8. The van der Waals surface area contributed by atoms with Gasteiger partial charge in [-0.3, -0.25) is 14.4 Å². The average molecular weight is 961 g/mol. The topological polar surface area (TPSA) is 87.1 Å². The summed E-state index contributed by atoms with van der Waals surface area (Å²) in [6.45, 7) is 13.1. The molecule has 8 aliphatic carbocycles. The highest BCUT2D eigenvalue weighted by molar-refractivity contribution is 9.10. The first-order chi connectivity index (χ1) is 29.8. The number of hydrogen-bond donors (Lipinski definition) is 2. The molecule has 65 heavy (non-hydrogen) atoms. The van der Waals surface area contributed by atoms with Crippen LogP contribution in [0, 0.1) is 95.7 Å². The van der Waals surface area contributed by atoms with Crippen molar-refractivity contribution in [3.63, 3.8) is 0 Å². The summed E-state index contributed by atoms with van der Waals surface area (Å²) in [5.74, 6) is 8.72. The molecule has 0 aliphatic heterocycles. The third-order valence-electron chi connectivity index (χ3n) is 20.0. The zero-order valence-electron chi connectivity index (χ0n) is 40.2. The van der Waals surface area contributed by atoms with Gasteiger partial charge in [0, 0.05) is 28.9 Å². The minimum absolute atomic E-state index is 0. The summed E-state index contributed by atoms with van der Waals surface area (Å²) in [6.07, 6.45) is 21.2. The Balaban J connectivity index is 0.000000180. The normalized spacial score (nSPS) is 42.1. The Morgan fingerprint density at radius 3 is 1.52 bits per heavy atom. The van der Waals surface area contributed by atoms with Gasteiger partial charge in [0.25, 0.3) is 0 Å². The predicted molar refractivity (Wildman–Crippen MR) is 270 cm³/mol. The molecule has 0 heterocycles. The van der Waals surface area contributed by atoms with Gasteiger partial charge in [-0.05, 0) is 231 Å². The number of amides is 1. The van der Waals surface area contributed by atoms with Gasteiger partial charge in [0.05, 0.1) is 18.3 Å². The van der Waals surface area contributed by atoms with Crippen molar-refractivity contribution in [2.45, 2.75) is 183 Å². The molecule has 364 valence electrons. The number of rotatable bonds is 4. The van der Waals surface area contributed by atoms with Crippen molar-refractivity contribution in [3.05, 3.63) is 69.7 Å². The molecule has 2 aromatic rings. The van der Waals surface area contributed by atoms with E-state index in [9.17, 15) is 19.8 Å². The second-order valence-corrected chi connectivity index (χ2v) is 24.7. The van der Waals surface area contributed by atoms with E-state index in [2.05, 4.69) is 67.9 Å². The zero-order valence-corrected chi connectivity index (χ0v) is 41.8. The van der Waals surface area contributed by atoms with Crippen LogP contribution in [-0.2, 0) is 9.63 Å². The number of carbonyl (C=O) groups is 2. The van der Waals surface area contributed by atoms with Crippen molar-refractivity contribution in [2.75, 3.05) is 14.2 Å². The van der Waals surface area contributed by atoms with Crippen LogP contribution < -0.4 is 0 Å². The predicted octanol–water partition coefficient (Wildman–Crippen LogP) is 14.3. The van der Waals surface area contributed by atoms with Gasteiger partial charge >= 0.3 is 0 Å². The second kappa shape index (κ2) is 20.5. The maximum atomic E-state index is 13.5. The van der Waals surface area contributed by atoms with Gasteiger partial charge in [-0.25, -0.2) is 5.06 Å². The van der Waals surface area contributed by atoms with Crippen LogP contribution in [0.3, 0.4) is 0 Å². The summed E-state index contributed by atoms with van der Waals surface area (Å²) in [4.78, 5) is 31.6. The van der Waals surface area contributed by atoms with Crippen LogP contribution >= 0.6 is 15.9 Å². The van der Waals surface area contributed by atoms with Gasteiger partial charge in [0.2, 0.25) is 5.91 Å². The number of nitrogens with zero attached hydrogens (tertiary/aromatic N) is 1. The fourth-order valence-electron chi connectivity index (χ4n) is 16.9. The summed E-state index contributed by atoms with van der Waals surface area (Å²) in [6, 6.07) is 16.4. The maximum Gasteiger partial charge on any atom is 0.249 e. The SMILES string of the molecule is C.C.CON(C)C(=O)[C@H]1CC[C@H]2[C@@H]3CC[C@@H]4C[C@](C)(O)CC[C@@H]4[C@H]3CC[C@]12C.Cc1cccc(Br)c1.Cc1cccc(C(=O)[C@H]2CC[C@H]3[C@@H]4CC[C@@H]5C[C@](C)(O)CC[C@@H]5[C@H]4CC[C@]23C)c1. The Morgan fingerprint density at radius 1 is 0.600 bits per heavy atom. The van der Waals surface area contributed by atoms with E-state index in [4.69, 9.17) is 4.84 Å². The van der Waals surface area contributed by atoms with Crippen LogP contribution in [0.2, 0.25) is 0 Å². The summed E-state index contributed by atoms with van der Waals surface area (Å²) >= 11 is 3.36. The summed E-state index contributed by atoms with van der Waals surface area (Å²) in [5, 5.41) is 22.6. The van der Waals surface area contributed by atoms with E-state index in [0.717, 1.165) is 102 Å². The molecule has 0 aromatic heterocycles. The first kappa shape index (κ1) is 52.3. The highest BCUT2D eigenvalue weighted by Gasteiger charge is 2.61. The highest BCUT2D eigenvalue weighted by Crippen LogP contribution is 2.66. The first-order valence-electron chi connectivity index (χ1n) is 25.4. The Hall–Kier alpha value is -2.06. The Kier molecular flexibility index (Phi) is 16.5. The molecule has 16 atom stereocenters. The lowest BCUT2D eigenvalue weighted by atomic mass is 9.49. The zero-order chi connectivity index (χ0) is 45.1. The summed E-state index contributed by atoms with van der Waals surface area (Å²) in [7, 11) is 3.34. The summed E-state index contributed by atoms with van der Waals surface area (Å²) < 4.78 is 1.15. The van der Waals surface area contributed by atoms with Crippen molar-refractivity contribution >= 4 is 27.6 Å². The monoisotopic (exact) mass is 960 g/mol. The van der Waals surface area contributed by atoms with E-state index in [0.29, 0.717) is 11.7 Å². The van der Waals surface area contributed by atoms with Crippen LogP contribution in [0.15, 0.2) is 53.0 Å². The van der Waals surface area contributed by atoms with Gasteiger partial charge in [-0.2, -0.15) is 0 Å². The average Bonchev–Trinajstić information content (AvgIpc) is 3.79. The van der Waals surface area contributed by atoms with Gasteiger partial charge < -0.3 is 10.2 Å². The third kappa shape index (κ3) is 10.4. The third-order valence-corrected chi connectivity index (χ3v) is 20.4. The van der Waals surface area contributed by atoms with Gasteiger partial charge in [0.15, 0.2) is 5.78 Å². The Bertz CT molecular complexity index is 1930. The molecular weight excluding hydrogens is 871 g/mol. The van der Waals surface area contributed by atoms with E-state index in [1.807, 2.05) is 38.1 Å². The molecule has 0 bridgehead atoms. The minimum atomic E-state index is -0.438. The number of ketones is 1. The number of benzene rings is 2. The lowest BCUT2D eigenvalue weighted by Crippen LogP contribution is -2.51. The summed E-state index contributed by atoms with van der Waals surface area (Å²) in [5.41, 5.74) is 2.87. The largest absolute Gasteiger partial charge is 0.390 e. The van der Waals surface area contributed by atoms with E-state index < -0.39 is 11.2 Å². The Morgan fingerprint density at radius 2 is 1.06 bits per heavy atom. The number of aliphatic hydroxyl groups is 2. The standard InChI is InChI=1S/C27H38O2.C22H37NO3.C7H7Br.2CH4/c1-17-5-4-6-18(15-17)25(28)24-10-9-23-22-8-7-19-16-26(2,29)13-11-20(19)21(22)12-14-27(23,24)3;1-21(25)11-9-15-14(13-21)5-6-17-16(15)10-12-22(2)18(17)7-8-19(22)20(24)23(3)26-4;1-6-3-2-4-7(8)5-6;;/h4-6,15,19-24,29H,7-14,16H2,1-3H3;14-19,25H,5-13H2,1-4H3;2-5H,1H3;2*1H4/t19-,20+,21-,22-,23+,24-,26-,27+;14-,15+,16-,17-,18+,19-,21-,22+;;;/m11.../s1. The molecule has 0 radical (unpaired) electrons. The molecule has 2 N–H and O–H groups in total. The van der Waals surface area contributed by atoms with E-state index >= 15 is 0 Å². The number of hydroxylamine groups is 2. The number of halogens is 1. The number of carbonyl (C=O) groups excluding carboxylic acids is 2. The van der Waals surface area contributed by atoms with Crippen molar-refractivity contribution in [3.8, 4) is 0 Å². The van der Waals surface area contributed by atoms with Crippen molar-refractivity contribution in [2.24, 2.45) is 81.8 Å². The number of fused-ring (bicyclic) bond motifs is 10. The first-order valence-corrected chi connectivity index (χ1v) is 26.2. The molecule has 8 fully saturated rings. The Labute approximate surface area is 404 Å². The smallest absolute Gasteiger partial charge is 0.249 e. The van der Waals surface area contributed by atoms with Crippen LogP contribution in [0.4, 0.5) is 0 Å². The van der Waals surface area contributed by atoms with Crippen molar-refractivity contribution in [1.29, 1.82) is 0 Å². The fourth-order valence-corrected chi connectivity index (χ4v) is 17.4. The molecule has 6 nitrogen and oxygen atoms in total. The molecule has 8 saturated carbocycles. The van der Waals surface area contributed by atoms with Crippen molar-refractivity contribution in [1.82, 2.24) is 5.06 Å². The number of Topliss-reactive ketones (excluding diaryl/α,β-unsaturated/α-hetero) is 1. The van der Waals surface area contributed by atoms with E-state index in [-0.39, 0.29) is 43.4 Å². The van der Waals surface area contributed by atoms with Gasteiger partial charge in [-0.15, -0.1) is 0 Å². The minimum Gasteiger partial charge on any atom is -0.390 e. The van der Waals surface area contributed by atoms with Crippen LogP contribution in [0.5, 0.6) is 0 Å².